The first-order valence-corrected chi connectivity index (χ1v) is 6.03. The highest BCUT2D eigenvalue weighted by Gasteiger charge is 2.42. The number of benzene rings is 1. The molecule has 0 aliphatic carbocycles. The largest absolute Gasteiger partial charge is 0.333 e. The van der Waals surface area contributed by atoms with Crippen molar-refractivity contribution < 1.29 is 14.4 Å². The van der Waals surface area contributed by atoms with Gasteiger partial charge in [-0.25, -0.2) is 4.79 Å². The molecular weight excluding hydrogens is 272 g/mol. The van der Waals surface area contributed by atoms with Gasteiger partial charge in [-0.2, -0.15) is 10.2 Å². The van der Waals surface area contributed by atoms with Gasteiger partial charge in [0, 0.05) is 14.1 Å². The maximum absolute atomic E-state index is 11.9. The average Bonchev–Trinajstić information content (AvgIpc) is 2.51. The van der Waals surface area contributed by atoms with Crippen molar-refractivity contribution in [2.45, 2.75) is 6.04 Å². The molecule has 7 heteroatoms. The second kappa shape index (κ2) is 5.54. The molecule has 1 aromatic rings. The van der Waals surface area contributed by atoms with Crippen LogP contribution in [0.2, 0.25) is 0 Å². The third-order valence-corrected chi connectivity index (χ3v) is 3.04. The molecule has 0 aromatic heterocycles. The Balaban J connectivity index is 2.32. The quantitative estimate of drug-likeness (QED) is 0.464. The van der Waals surface area contributed by atoms with Crippen LogP contribution in [0.5, 0.6) is 0 Å². The Morgan fingerprint density at radius 2 is 1.67 bits per heavy atom. The summed E-state index contributed by atoms with van der Waals surface area (Å²) < 4.78 is 0. The monoisotopic (exact) mass is 284 g/mol. The average molecular weight is 284 g/mol. The SMILES string of the molecule is C#Cc1ccccc1N=NC1C(=O)N(C)C(=O)N(C)C1=O. The summed E-state index contributed by atoms with van der Waals surface area (Å²) in [5, 5.41) is 7.63. The standard InChI is InChI=1S/C14H12N4O3/c1-4-9-7-5-6-8-10(9)15-16-11-12(19)17(2)14(21)18(3)13(11)20/h1,5-8,11H,2-3H3. The summed E-state index contributed by atoms with van der Waals surface area (Å²) in [5.41, 5.74) is 0.873. The molecule has 1 aliphatic heterocycles. The van der Waals surface area contributed by atoms with Gasteiger partial charge in [-0.1, -0.05) is 18.1 Å². The van der Waals surface area contributed by atoms with Crippen molar-refractivity contribution in [3.05, 3.63) is 29.8 Å². The van der Waals surface area contributed by atoms with Gasteiger partial charge in [0.25, 0.3) is 11.8 Å². The third kappa shape index (κ3) is 2.51. The van der Waals surface area contributed by atoms with Crippen LogP contribution >= 0.6 is 0 Å². The number of barbiturate groups is 1. The molecule has 0 unspecified atom stereocenters. The Morgan fingerprint density at radius 3 is 2.24 bits per heavy atom. The van der Waals surface area contributed by atoms with E-state index in [1.165, 1.54) is 14.1 Å². The first-order valence-electron chi connectivity index (χ1n) is 6.03. The zero-order chi connectivity index (χ0) is 15.6. The van der Waals surface area contributed by atoms with Gasteiger partial charge in [0.2, 0.25) is 6.04 Å². The number of hydrogen-bond donors (Lipinski definition) is 0. The van der Waals surface area contributed by atoms with Gasteiger partial charge in [0.15, 0.2) is 0 Å². The Morgan fingerprint density at radius 1 is 1.10 bits per heavy atom. The predicted molar refractivity (Wildman–Crippen MR) is 73.6 cm³/mol. The molecule has 7 nitrogen and oxygen atoms in total. The number of nitrogens with zero attached hydrogens (tertiary/aromatic N) is 4. The summed E-state index contributed by atoms with van der Waals surface area (Å²) in [6, 6.07) is 4.67. The fraction of sp³-hybridized carbons (Fsp3) is 0.214. The van der Waals surface area contributed by atoms with Gasteiger partial charge in [-0.05, 0) is 12.1 Å². The first kappa shape index (κ1) is 14.4. The van der Waals surface area contributed by atoms with Gasteiger partial charge in [-0.15, -0.1) is 6.42 Å². The second-order valence-corrected chi connectivity index (χ2v) is 4.36. The molecule has 2 rings (SSSR count). The van der Waals surface area contributed by atoms with Crippen molar-refractivity contribution in [2.24, 2.45) is 10.2 Å². The first-order chi connectivity index (χ1) is 9.97. The van der Waals surface area contributed by atoms with E-state index in [9.17, 15) is 14.4 Å². The Labute approximate surface area is 121 Å². The lowest BCUT2D eigenvalue weighted by molar-refractivity contribution is -0.143. The smallest absolute Gasteiger partial charge is 0.271 e. The summed E-state index contributed by atoms with van der Waals surface area (Å²) in [6.45, 7) is 0. The predicted octanol–water partition coefficient (Wildman–Crippen LogP) is 1.17. The van der Waals surface area contributed by atoms with Crippen LogP contribution < -0.4 is 0 Å². The molecule has 1 heterocycles. The summed E-state index contributed by atoms with van der Waals surface area (Å²) >= 11 is 0. The van der Waals surface area contributed by atoms with Crippen molar-refractivity contribution in [3.8, 4) is 12.3 Å². The molecule has 4 amide bonds. The van der Waals surface area contributed by atoms with Crippen molar-refractivity contribution in [1.29, 1.82) is 0 Å². The molecule has 0 spiro atoms. The number of imide groups is 2. The number of azo groups is 1. The van der Waals surface area contributed by atoms with Crippen LogP contribution in [0.15, 0.2) is 34.5 Å². The lowest BCUT2D eigenvalue weighted by Crippen LogP contribution is -2.58. The number of urea groups is 1. The summed E-state index contributed by atoms with van der Waals surface area (Å²) in [5.74, 6) is 0.997. The van der Waals surface area contributed by atoms with Crippen LogP contribution in [-0.2, 0) is 9.59 Å². The van der Waals surface area contributed by atoms with Crippen LogP contribution in [0, 0.1) is 12.3 Å². The summed E-state index contributed by atoms with van der Waals surface area (Å²) in [7, 11) is 2.57. The molecule has 106 valence electrons. The highest BCUT2D eigenvalue weighted by Crippen LogP contribution is 2.20. The number of carbonyl (C=O) groups is 3. The van der Waals surface area contributed by atoms with Crippen LogP contribution in [0.25, 0.3) is 0 Å². The normalized spacial score (nSPS) is 16.7. The highest BCUT2D eigenvalue weighted by atomic mass is 16.2. The van der Waals surface area contributed by atoms with E-state index in [2.05, 4.69) is 16.1 Å². The fourth-order valence-corrected chi connectivity index (χ4v) is 1.79. The zero-order valence-corrected chi connectivity index (χ0v) is 11.5. The van der Waals surface area contributed by atoms with Crippen molar-refractivity contribution in [3.63, 3.8) is 0 Å². The van der Waals surface area contributed by atoms with E-state index in [-0.39, 0.29) is 0 Å². The van der Waals surface area contributed by atoms with E-state index >= 15 is 0 Å². The van der Waals surface area contributed by atoms with Crippen molar-refractivity contribution in [2.75, 3.05) is 14.1 Å². The molecule has 21 heavy (non-hydrogen) atoms. The van der Waals surface area contributed by atoms with E-state index in [0.29, 0.717) is 11.3 Å². The molecule has 0 bridgehead atoms. The number of rotatable bonds is 2. The van der Waals surface area contributed by atoms with E-state index in [1.807, 2.05) is 0 Å². The van der Waals surface area contributed by atoms with Crippen molar-refractivity contribution in [1.82, 2.24) is 9.80 Å². The van der Waals surface area contributed by atoms with Gasteiger partial charge >= 0.3 is 6.03 Å². The van der Waals surface area contributed by atoms with Crippen LogP contribution in [-0.4, -0.2) is 47.8 Å². The van der Waals surface area contributed by atoms with E-state index in [1.54, 1.807) is 24.3 Å². The highest BCUT2D eigenvalue weighted by molar-refractivity contribution is 6.18. The van der Waals surface area contributed by atoms with Gasteiger partial charge in [-0.3, -0.25) is 19.4 Å². The Bertz CT molecular complexity index is 666. The molecule has 1 aromatic carbocycles. The number of terminal acetylenes is 1. The molecule has 1 saturated heterocycles. The minimum Gasteiger partial charge on any atom is -0.271 e. The number of hydrogen-bond acceptors (Lipinski definition) is 5. The second-order valence-electron chi connectivity index (χ2n) is 4.36. The summed E-state index contributed by atoms with van der Waals surface area (Å²) in [4.78, 5) is 37.1. The summed E-state index contributed by atoms with van der Waals surface area (Å²) in [6.07, 6.45) is 5.33. The molecule has 1 aliphatic rings. The van der Waals surface area contributed by atoms with E-state index in [0.717, 1.165) is 9.80 Å². The molecule has 0 atom stereocenters. The molecule has 0 N–H and O–H groups in total. The topological polar surface area (TPSA) is 82.4 Å². The lowest BCUT2D eigenvalue weighted by atomic mass is 10.2. The maximum Gasteiger partial charge on any atom is 0.333 e. The minimum atomic E-state index is -1.37. The van der Waals surface area contributed by atoms with Crippen LogP contribution in [0.1, 0.15) is 5.56 Å². The molecular formula is C14H12N4O3. The fourth-order valence-electron chi connectivity index (χ4n) is 1.79. The van der Waals surface area contributed by atoms with Crippen LogP contribution in [0.4, 0.5) is 10.5 Å². The maximum atomic E-state index is 11.9. The van der Waals surface area contributed by atoms with Crippen molar-refractivity contribution >= 4 is 23.5 Å². The third-order valence-electron chi connectivity index (χ3n) is 3.04. The molecule has 1 fully saturated rings. The molecule has 0 radical (unpaired) electrons. The zero-order valence-electron chi connectivity index (χ0n) is 11.5. The Hall–Kier alpha value is -3.01. The van der Waals surface area contributed by atoms with Crippen LogP contribution in [0.3, 0.4) is 0 Å². The Kier molecular flexibility index (Phi) is 3.80. The minimum absolute atomic E-state index is 0.378. The van der Waals surface area contributed by atoms with Gasteiger partial charge < -0.3 is 0 Å². The number of amides is 4. The number of carbonyl (C=O) groups excluding carboxylic acids is 3. The van der Waals surface area contributed by atoms with Gasteiger partial charge in [0.1, 0.15) is 5.69 Å². The molecule has 0 saturated carbocycles. The number of likely N-dealkylation sites (N-methyl/N-ethyl adjacent to an activating group) is 2. The lowest BCUT2D eigenvalue weighted by Gasteiger charge is -2.30. The van der Waals surface area contributed by atoms with E-state index < -0.39 is 23.9 Å². The van der Waals surface area contributed by atoms with E-state index in [4.69, 9.17) is 6.42 Å². The van der Waals surface area contributed by atoms with Gasteiger partial charge in [0.05, 0.1) is 5.56 Å².